The van der Waals surface area contributed by atoms with Gasteiger partial charge in [0.05, 0.1) is 6.04 Å². The molecule has 0 aliphatic rings. The van der Waals surface area contributed by atoms with Gasteiger partial charge in [-0.3, -0.25) is 0 Å². The van der Waals surface area contributed by atoms with Crippen molar-refractivity contribution in [1.29, 1.82) is 0 Å². The van der Waals surface area contributed by atoms with Crippen molar-refractivity contribution in [2.75, 3.05) is 5.32 Å². The predicted octanol–water partition coefficient (Wildman–Crippen LogP) is 5.18. The van der Waals surface area contributed by atoms with E-state index in [1.165, 1.54) is 12.1 Å². The monoisotopic (exact) mass is 287 g/mol. The number of benzene rings is 2. The zero-order chi connectivity index (χ0) is 15.2. The predicted molar refractivity (Wildman–Crippen MR) is 85.1 cm³/mol. The van der Waals surface area contributed by atoms with Crippen molar-refractivity contribution in [3.63, 3.8) is 0 Å². The number of hydrogen-bond donors (Lipinski definition) is 2. The molecular weight excluding hydrogens is 265 g/mol. The maximum atomic E-state index is 13.1. The highest BCUT2D eigenvalue weighted by Crippen LogP contribution is 2.28. The molecule has 0 aliphatic heterocycles. The topological polar surface area (TPSA) is 32.3 Å². The Labute approximate surface area is 125 Å². The number of phenols is 1. The number of aromatic hydroxyl groups is 1. The van der Waals surface area contributed by atoms with Crippen LogP contribution in [0.4, 0.5) is 10.1 Å². The van der Waals surface area contributed by atoms with Crippen LogP contribution in [0.15, 0.2) is 42.5 Å². The molecule has 0 heterocycles. The van der Waals surface area contributed by atoms with Crippen molar-refractivity contribution in [3.8, 4) is 5.75 Å². The summed E-state index contributed by atoms with van der Waals surface area (Å²) in [6.45, 7) is 4.12. The number of anilines is 1. The van der Waals surface area contributed by atoms with Gasteiger partial charge in [-0.1, -0.05) is 31.9 Å². The normalized spacial score (nSPS) is 12.1. The first-order valence-electron chi connectivity index (χ1n) is 7.41. The summed E-state index contributed by atoms with van der Waals surface area (Å²) in [5.41, 5.74) is 3.08. The fourth-order valence-electron chi connectivity index (χ4n) is 2.42. The smallest absolute Gasteiger partial charge is 0.123 e. The van der Waals surface area contributed by atoms with E-state index in [9.17, 15) is 9.50 Å². The Morgan fingerprint density at radius 3 is 2.48 bits per heavy atom. The molecule has 0 amide bonds. The second-order valence-corrected chi connectivity index (χ2v) is 5.39. The van der Waals surface area contributed by atoms with Gasteiger partial charge >= 0.3 is 0 Å². The fraction of sp³-hybridized carbons (Fsp3) is 0.333. The van der Waals surface area contributed by atoms with Crippen molar-refractivity contribution < 1.29 is 9.50 Å². The lowest BCUT2D eigenvalue weighted by atomic mass is 10.00. The van der Waals surface area contributed by atoms with Gasteiger partial charge in [0, 0.05) is 5.69 Å². The van der Waals surface area contributed by atoms with Gasteiger partial charge in [-0.05, 0) is 54.8 Å². The standard InChI is InChI=1S/C18H22FNO/c1-3-4-5-18(14-6-8-15(19)9-7-14)20-17-11-10-16(21)12-13(17)2/h6-12,18,20-21H,3-5H2,1-2H3. The van der Waals surface area contributed by atoms with Crippen LogP contribution in [0.25, 0.3) is 0 Å². The Hall–Kier alpha value is -2.03. The van der Waals surface area contributed by atoms with Gasteiger partial charge in [-0.15, -0.1) is 0 Å². The molecule has 1 unspecified atom stereocenters. The summed E-state index contributed by atoms with van der Waals surface area (Å²) in [5, 5.41) is 13.0. The quantitative estimate of drug-likeness (QED) is 0.717. The number of nitrogens with one attached hydrogen (secondary N) is 1. The number of rotatable bonds is 6. The Bertz CT molecular complexity index is 580. The molecule has 2 rings (SSSR count). The zero-order valence-corrected chi connectivity index (χ0v) is 12.6. The largest absolute Gasteiger partial charge is 0.508 e. The summed E-state index contributed by atoms with van der Waals surface area (Å²) in [4.78, 5) is 0. The van der Waals surface area contributed by atoms with Gasteiger partial charge < -0.3 is 10.4 Å². The van der Waals surface area contributed by atoms with Gasteiger partial charge in [0.1, 0.15) is 11.6 Å². The van der Waals surface area contributed by atoms with Gasteiger partial charge in [0.15, 0.2) is 0 Å². The summed E-state index contributed by atoms with van der Waals surface area (Å²) in [7, 11) is 0. The Balaban J connectivity index is 2.21. The summed E-state index contributed by atoms with van der Waals surface area (Å²) in [5.74, 6) is 0.0544. The number of halogens is 1. The highest BCUT2D eigenvalue weighted by atomic mass is 19.1. The van der Waals surface area contributed by atoms with Gasteiger partial charge in [0.25, 0.3) is 0 Å². The van der Waals surface area contributed by atoms with Crippen LogP contribution in [-0.2, 0) is 0 Å². The van der Waals surface area contributed by atoms with E-state index in [1.807, 2.05) is 25.1 Å². The molecule has 3 heteroatoms. The molecule has 0 aromatic heterocycles. The minimum Gasteiger partial charge on any atom is -0.508 e. The lowest BCUT2D eigenvalue weighted by Gasteiger charge is -2.22. The summed E-state index contributed by atoms with van der Waals surface area (Å²) in [6, 6.07) is 12.1. The van der Waals surface area contributed by atoms with Crippen LogP contribution >= 0.6 is 0 Å². The molecule has 2 aromatic rings. The molecule has 0 saturated carbocycles. The molecule has 0 bridgehead atoms. The highest BCUT2D eigenvalue weighted by molar-refractivity contribution is 5.54. The maximum absolute atomic E-state index is 13.1. The molecule has 0 radical (unpaired) electrons. The second kappa shape index (κ2) is 7.11. The molecule has 0 fully saturated rings. The van der Waals surface area contributed by atoms with Crippen molar-refractivity contribution in [1.82, 2.24) is 0 Å². The van der Waals surface area contributed by atoms with Crippen molar-refractivity contribution >= 4 is 5.69 Å². The van der Waals surface area contributed by atoms with Crippen molar-refractivity contribution in [2.24, 2.45) is 0 Å². The maximum Gasteiger partial charge on any atom is 0.123 e. The average molecular weight is 287 g/mol. The molecule has 0 spiro atoms. The first-order valence-corrected chi connectivity index (χ1v) is 7.41. The second-order valence-electron chi connectivity index (χ2n) is 5.39. The minimum atomic E-state index is -0.214. The van der Waals surface area contributed by atoms with Gasteiger partial charge in [-0.25, -0.2) is 4.39 Å². The summed E-state index contributed by atoms with van der Waals surface area (Å²) in [6.07, 6.45) is 3.21. The summed E-state index contributed by atoms with van der Waals surface area (Å²) >= 11 is 0. The zero-order valence-electron chi connectivity index (χ0n) is 12.6. The van der Waals surface area contributed by atoms with E-state index in [0.717, 1.165) is 36.1 Å². The van der Waals surface area contributed by atoms with Crippen LogP contribution < -0.4 is 5.32 Å². The van der Waals surface area contributed by atoms with Crippen LogP contribution in [0, 0.1) is 12.7 Å². The van der Waals surface area contributed by atoms with Crippen LogP contribution in [-0.4, -0.2) is 5.11 Å². The number of unbranched alkanes of at least 4 members (excludes halogenated alkanes) is 1. The Morgan fingerprint density at radius 2 is 1.86 bits per heavy atom. The average Bonchev–Trinajstić information content (AvgIpc) is 2.46. The van der Waals surface area contributed by atoms with E-state index in [0.29, 0.717) is 0 Å². The van der Waals surface area contributed by atoms with E-state index in [-0.39, 0.29) is 17.6 Å². The molecular formula is C18H22FNO. The minimum absolute atomic E-state index is 0.147. The molecule has 0 saturated heterocycles. The summed E-state index contributed by atoms with van der Waals surface area (Å²) < 4.78 is 13.1. The molecule has 2 N–H and O–H groups in total. The fourth-order valence-corrected chi connectivity index (χ4v) is 2.42. The van der Waals surface area contributed by atoms with Crippen molar-refractivity contribution in [2.45, 2.75) is 39.2 Å². The van der Waals surface area contributed by atoms with E-state index in [2.05, 4.69) is 12.2 Å². The third-order valence-corrected chi connectivity index (χ3v) is 3.66. The van der Waals surface area contributed by atoms with E-state index in [4.69, 9.17) is 0 Å². The first-order chi connectivity index (χ1) is 10.1. The molecule has 1 atom stereocenters. The Kier molecular flexibility index (Phi) is 5.20. The van der Waals surface area contributed by atoms with Crippen LogP contribution in [0.5, 0.6) is 5.75 Å². The molecule has 2 aromatic carbocycles. The van der Waals surface area contributed by atoms with Crippen molar-refractivity contribution in [3.05, 3.63) is 59.4 Å². The number of hydrogen-bond acceptors (Lipinski definition) is 2. The molecule has 2 nitrogen and oxygen atoms in total. The third kappa shape index (κ3) is 4.22. The van der Waals surface area contributed by atoms with Crippen LogP contribution in [0.2, 0.25) is 0 Å². The third-order valence-electron chi connectivity index (χ3n) is 3.66. The van der Waals surface area contributed by atoms with Gasteiger partial charge in [0.2, 0.25) is 0 Å². The Morgan fingerprint density at radius 1 is 1.14 bits per heavy atom. The lowest BCUT2D eigenvalue weighted by molar-refractivity contribution is 0.475. The molecule has 0 aliphatic carbocycles. The van der Waals surface area contributed by atoms with E-state index < -0.39 is 0 Å². The number of aryl methyl sites for hydroxylation is 1. The SMILES string of the molecule is CCCCC(Nc1ccc(O)cc1C)c1ccc(F)cc1. The van der Waals surface area contributed by atoms with Gasteiger partial charge in [-0.2, -0.15) is 0 Å². The molecule has 112 valence electrons. The highest BCUT2D eigenvalue weighted by Gasteiger charge is 2.12. The lowest BCUT2D eigenvalue weighted by Crippen LogP contribution is -2.11. The van der Waals surface area contributed by atoms with Crippen LogP contribution in [0.3, 0.4) is 0 Å². The first kappa shape index (κ1) is 15.4. The van der Waals surface area contributed by atoms with E-state index >= 15 is 0 Å². The molecule has 21 heavy (non-hydrogen) atoms. The van der Waals surface area contributed by atoms with E-state index in [1.54, 1.807) is 12.1 Å². The van der Waals surface area contributed by atoms with Crippen LogP contribution in [0.1, 0.15) is 43.4 Å². The number of phenolic OH excluding ortho intramolecular Hbond substituents is 1.